The maximum atomic E-state index is 13.1. The zero-order valence-electron chi connectivity index (χ0n) is 17.4. The molecule has 0 aromatic heterocycles. The molecule has 2 nitrogen and oxygen atoms in total. The van der Waals surface area contributed by atoms with Gasteiger partial charge in [0.1, 0.15) is 5.60 Å². The van der Waals surface area contributed by atoms with E-state index >= 15 is 0 Å². The van der Waals surface area contributed by atoms with E-state index in [2.05, 4.69) is 41.5 Å². The van der Waals surface area contributed by atoms with Crippen molar-refractivity contribution in [1.82, 2.24) is 0 Å². The fourth-order valence-corrected chi connectivity index (χ4v) is 6.87. The molecule has 144 valence electrons. The van der Waals surface area contributed by atoms with Gasteiger partial charge < -0.3 is 4.74 Å². The van der Waals surface area contributed by atoms with Crippen LogP contribution in [-0.2, 0) is 9.53 Å². The number of hydrogen-bond donors (Lipinski definition) is 0. The lowest BCUT2D eigenvalue weighted by atomic mass is 9.66. The molecule has 5 atom stereocenters. The predicted molar refractivity (Wildman–Crippen MR) is 103 cm³/mol. The van der Waals surface area contributed by atoms with E-state index in [0.29, 0.717) is 23.7 Å². The van der Waals surface area contributed by atoms with E-state index in [4.69, 9.17) is 4.74 Å². The first-order chi connectivity index (χ1) is 11.7. The Labute approximate surface area is 155 Å². The standard InChI is InChI=1S/C23H40O2/c1-14(2)20-16-12-18(21(20)15(3)4)19(13-16)22(24)25-23(5,6)17-10-8-7-9-11-17/h14-21H,7-13H2,1-6H3. The molecule has 0 aliphatic heterocycles. The molecule has 5 unspecified atom stereocenters. The molecule has 0 amide bonds. The summed E-state index contributed by atoms with van der Waals surface area (Å²) in [6, 6.07) is 0. The van der Waals surface area contributed by atoms with Crippen molar-refractivity contribution in [1.29, 1.82) is 0 Å². The highest BCUT2D eigenvalue weighted by molar-refractivity contribution is 5.74. The summed E-state index contributed by atoms with van der Waals surface area (Å²) in [6.45, 7) is 13.8. The second kappa shape index (κ2) is 7.24. The van der Waals surface area contributed by atoms with Gasteiger partial charge in [-0.3, -0.25) is 4.79 Å². The van der Waals surface area contributed by atoms with Crippen LogP contribution in [0.3, 0.4) is 0 Å². The van der Waals surface area contributed by atoms with Crippen LogP contribution in [-0.4, -0.2) is 11.6 Å². The second-order valence-electron chi connectivity index (χ2n) is 10.5. The van der Waals surface area contributed by atoms with E-state index in [1.165, 1.54) is 38.5 Å². The van der Waals surface area contributed by atoms with E-state index in [-0.39, 0.29) is 17.5 Å². The van der Waals surface area contributed by atoms with Crippen molar-refractivity contribution in [2.75, 3.05) is 0 Å². The highest BCUT2D eigenvalue weighted by Crippen LogP contribution is 2.60. The van der Waals surface area contributed by atoms with E-state index in [9.17, 15) is 4.79 Å². The lowest BCUT2D eigenvalue weighted by Gasteiger charge is -2.41. The van der Waals surface area contributed by atoms with Gasteiger partial charge in [0, 0.05) is 0 Å². The fraction of sp³-hybridized carbons (Fsp3) is 0.957. The molecule has 3 aliphatic rings. The largest absolute Gasteiger partial charge is 0.459 e. The lowest BCUT2D eigenvalue weighted by Crippen LogP contribution is -2.43. The number of carbonyl (C=O) groups excluding carboxylic acids is 1. The third-order valence-corrected chi connectivity index (χ3v) is 7.93. The number of rotatable bonds is 5. The predicted octanol–water partition coefficient (Wildman–Crippen LogP) is 6.09. The van der Waals surface area contributed by atoms with Crippen LogP contribution in [0.25, 0.3) is 0 Å². The van der Waals surface area contributed by atoms with Crippen LogP contribution in [0.5, 0.6) is 0 Å². The highest BCUT2D eigenvalue weighted by atomic mass is 16.6. The molecule has 3 fully saturated rings. The van der Waals surface area contributed by atoms with Crippen LogP contribution >= 0.6 is 0 Å². The third-order valence-electron chi connectivity index (χ3n) is 7.93. The number of carbonyl (C=O) groups is 1. The molecule has 0 saturated heterocycles. The molecule has 25 heavy (non-hydrogen) atoms. The molecule has 3 saturated carbocycles. The van der Waals surface area contributed by atoms with Gasteiger partial charge in [0.25, 0.3) is 0 Å². The Morgan fingerprint density at radius 2 is 1.52 bits per heavy atom. The molecule has 0 aromatic carbocycles. The fourth-order valence-electron chi connectivity index (χ4n) is 6.87. The quantitative estimate of drug-likeness (QED) is 0.562. The zero-order chi connectivity index (χ0) is 18.4. The Hall–Kier alpha value is -0.530. The zero-order valence-corrected chi connectivity index (χ0v) is 17.4. The minimum absolute atomic E-state index is 0.121. The number of hydrogen-bond acceptors (Lipinski definition) is 2. The van der Waals surface area contributed by atoms with Crippen molar-refractivity contribution in [2.24, 2.45) is 47.3 Å². The van der Waals surface area contributed by atoms with E-state index < -0.39 is 0 Å². The Bertz CT molecular complexity index is 472. The van der Waals surface area contributed by atoms with Crippen molar-refractivity contribution in [3.05, 3.63) is 0 Å². The monoisotopic (exact) mass is 348 g/mol. The van der Waals surface area contributed by atoms with Gasteiger partial charge in [0.2, 0.25) is 0 Å². The van der Waals surface area contributed by atoms with Crippen LogP contribution in [0.4, 0.5) is 0 Å². The summed E-state index contributed by atoms with van der Waals surface area (Å²) in [5, 5.41) is 0. The van der Waals surface area contributed by atoms with Gasteiger partial charge in [-0.1, -0.05) is 47.0 Å². The van der Waals surface area contributed by atoms with Crippen molar-refractivity contribution < 1.29 is 9.53 Å². The molecule has 0 N–H and O–H groups in total. The first-order valence-corrected chi connectivity index (χ1v) is 10.9. The average Bonchev–Trinajstić information content (AvgIpc) is 3.13. The molecule has 0 aromatic rings. The molecule has 2 heteroatoms. The topological polar surface area (TPSA) is 26.3 Å². The molecular formula is C23H40O2. The summed E-state index contributed by atoms with van der Waals surface area (Å²) in [6.07, 6.45) is 8.73. The summed E-state index contributed by atoms with van der Waals surface area (Å²) < 4.78 is 6.20. The van der Waals surface area contributed by atoms with Gasteiger partial charge in [-0.15, -0.1) is 0 Å². The van der Waals surface area contributed by atoms with E-state index in [1.54, 1.807) is 0 Å². The van der Waals surface area contributed by atoms with Crippen molar-refractivity contribution >= 4 is 5.97 Å². The highest BCUT2D eigenvalue weighted by Gasteiger charge is 2.56. The van der Waals surface area contributed by atoms with E-state index in [1.807, 2.05) is 0 Å². The van der Waals surface area contributed by atoms with Crippen molar-refractivity contribution in [3.63, 3.8) is 0 Å². The van der Waals surface area contributed by atoms with Crippen LogP contribution in [0.15, 0.2) is 0 Å². The molecule has 2 bridgehead atoms. The number of fused-ring (bicyclic) bond motifs is 2. The molecule has 3 aliphatic carbocycles. The Morgan fingerprint density at radius 1 is 0.920 bits per heavy atom. The van der Waals surface area contributed by atoms with Crippen LogP contribution in [0, 0.1) is 47.3 Å². The maximum absolute atomic E-state index is 13.1. The Morgan fingerprint density at radius 3 is 2.08 bits per heavy atom. The Balaban J connectivity index is 1.67. The SMILES string of the molecule is CC(C)C1C2CC(C(=O)OC(C)(C)C3CCCCC3)C(C2)C1C(C)C. The van der Waals surface area contributed by atoms with Gasteiger partial charge in [-0.25, -0.2) is 0 Å². The van der Waals surface area contributed by atoms with Gasteiger partial charge in [-0.05, 0) is 81.0 Å². The smallest absolute Gasteiger partial charge is 0.309 e. The van der Waals surface area contributed by atoms with Crippen molar-refractivity contribution in [2.45, 2.75) is 92.1 Å². The second-order valence-corrected chi connectivity index (χ2v) is 10.5. The normalized spacial score (nSPS) is 36.4. The summed E-state index contributed by atoms with van der Waals surface area (Å²) >= 11 is 0. The molecule has 0 heterocycles. The number of esters is 1. The van der Waals surface area contributed by atoms with Crippen molar-refractivity contribution in [3.8, 4) is 0 Å². The molecule has 0 radical (unpaired) electrons. The summed E-state index contributed by atoms with van der Waals surface area (Å²) in [5.41, 5.74) is -0.288. The Kier molecular flexibility index (Phi) is 5.57. The lowest BCUT2D eigenvalue weighted by molar-refractivity contribution is -0.172. The molecular weight excluding hydrogens is 308 g/mol. The van der Waals surface area contributed by atoms with E-state index in [0.717, 1.165) is 24.2 Å². The van der Waals surface area contributed by atoms with Crippen LogP contribution in [0.1, 0.15) is 86.5 Å². The van der Waals surface area contributed by atoms with Gasteiger partial charge >= 0.3 is 5.97 Å². The third kappa shape index (κ3) is 3.65. The summed E-state index contributed by atoms with van der Waals surface area (Å²) in [7, 11) is 0. The first kappa shape index (κ1) is 19.2. The molecule has 3 rings (SSSR count). The van der Waals surface area contributed by atoms with Crippen LogP contribution in [0.2, 0.25) is 0 Å². The van der Waals surface area contributed by atoms with Gasteiger partial charge in [0.05, 0.1) is 5.92 Å². The summed E-state index contributed by atoms with van der Waals surface area (Å²) in [5.74, 6) is 5.05. The maximum Gasteiger partial charge on any atom is 0.309 e. The average molecular weight is 349 g/mol. The van der Waals surface area contributed by atoms with Crippen LogP contribution < -0.4 is 0 Å². The van der Waals surface area contributed by atoms with Gasteiger partial charge in [0.15, 0.2) is 0 Å². The molecule has 0 spiro atoms. The number of ether oxygens (including phenoxy) is 1. The minimum atomic E-state index is -0.288. The summed E-state index contributed by atoms with van der Waals surface area (Å²) in [4.78, 5) is 13.1. The first-order valence-electron chi connectivity index (χ1n) is 10.9. The van der Waals surface area contributed by atoms with Gasteiger partial charge in [-0.2, -0.15) is 0 Å². The minimum Gasteiger partial charge on any atom is -0.459 e.